The molecule has 496 valence electrons. The fourth-order valence-corrected chi connectivity index (χ4v) is 15.4. The lowest BCUT2D eigenvalue weighted by Gasteiger charge is -2.38. The zero-order valence-electron chi connectivity index (χ0n) is 55.2. The van der Waals surface area contributed by atoms with Gasteiger partial charge in [-0.1, -0.05) is 198 Å². The Bertz CT molecular complexity index is 3610. The topological polar surface area (TPSA) is 204 Å². The highest BCUT2D eigenvalue weighted by atomic mass is 16.7. The van der Waals surface area contributed by atoms with Crippen LogP contribution in [0.3, 0.4) is 0 Å². The lowest BCUT2D eigenvalue weighted by molar-refractivity contribution is 0.101. The number of rotatable bonds is 24. The van der Waals surface area contributed by atoms with Crippen LogP contribution in [-0.2, 0) is 0 Å². The third kappa shape index (κ3) is 12.6. The summed E-state index contributed by atoms with van der Waals surface area (Å²) >= 11 is 0. The molecule has 8 bridgehead atoms. The Balaban J connectivity index is 1.27. The van der Waals surface area contributed by atoms with Gasteiger partial charge in [-0.2, -0.15) is 0 Å². The van der Waals surface area contributed by atoms with Gasteiger partial charge >= 0.3 is 0 Å². The molecule has 0 amide bonds. The average Bonchev–Trinajstić information content (AvgIpc) is 0.719. The Kier molecular flexibility index (Phi) is 20.1. The number of oxime groups is 4. The quantitative estimate of drug-likeness (QED) is 0.0193. The molecule has 4 atom stereocenters. The molecule has 96 heavy (non-hydrogen) atoms. The molecule has 0 saturated carbocycles. The van der Waals surface area contributed by atoms with Gasteiger partial charge in [0.1, 0.15) is 46.0 Å². The van der Waals surface area contributed by atoms with E-state index in [0.717, 1.165) is 166 Å². The molecule has 0 spiro atoms. The monoisotopic (exact) mass is 1290 g/mol. The fraction of sp³-hybridized carbons (Fsp3) is 0.350. The molecule has 0 fully saturated rings. The van der Waals surface area contributed by atoms with Crippen LogP contribution in [0, 0.1) is 0 Å². The molecule has 1 aliphatic carbocycles. The summed E-state index contributed by atoms with van der Waals surface area (Å²) in [6.07, 6.45) is 19.8. The first-order valence-electron chi connectivity index (χ1n) is 34.3. The summed E-state index contributed by atoms with van der Waals surface area (Å²) in [5, 5.41) is 54.3. The summed E-state index contributed by atoms with van der Waals surface area (Å²) < 4.78 is 58.6. The average molecular weight is 1290 g/mol. The highest BCUT2D eigenvalue weighted by Crippen LogP contribution is 2.62. The number of hydrogen-bond donors (Lipinski definition) is 4. The SMILES string of the molecule is CCCCCC1c2cc3c4c(-c5cccc(/C=N\O)c5)c2OCOc2c1cc1c(c2-c2cccc(/C=N/O)c2)OCOc2c(cc5c(c2-c2cccc(/C=N/O)c2)OCOc2c(cc(c(c2-c2cccc(/C=N/O)c2)OCO4)C3CCCCC)C5CCCCC)C1CCCCC. The minimum Gasteiger partial charge on any atom is -0.456 e. The fourth-order valence-electron chi connectivity index (χ4n) is 15.4. The van der Waals surface area contributed by atoms with Crippen molar-refractivity contribution in [1.82, 2.24) is 0 Å². The van der Waals surface area contributed by atoms with Crippen LogP contribution in [0.1, 0.15) is 221 Å². The van der Waals surface area contributed by atoms with E-state index in [1.807, 2.05) is 72.8 Å². The van der Waals surface area contributed by atoms with Crippen molar-refractivity contribution in [3.63, 3.8) is 0 Å². The first kappa shape index (κ1) is 64.7. The zero-order valence-corrected chi connectivity index (χ0v) is 55.2. The van der Waals surface area contributed by atoms with E-state index in [9.17, 15) is 20.8 Å². The maximum absolute atomic E-state index is 10.1. The van der Waals surface area contributed by atoms with E-state index in [2.05, 4.69) is 96.8 Å². The molecular weight excluding hydrogens is 1210 g/mol. The van der Waals surface area contributed by atoms with Crippen LogP contribution >= 0.6 is 0 Å². The third-order valence-corrected chi connectivity index (χ3v) is 19.7. The lowest BCUT2D eigenvalue weighted by atomic mass is 9.73. The molecule has 8 aromatic rings. The van der Waals surface area contributed by atoms with Crippen LogP contribution in [0.5, 0.6) is 46.0 Å². The van der Waals surface area contributed by atoms with Gasteiger partial charge in [-0.05, 0) is 119 Å². The van der Waals surface area contributed by atoms with Gasteiger partial charge in [0.25, 0.3) is 0 Å². The Hall–Kier alpha value is -9.96. The Morgan fingerprint density at radius 1 is 0.292 bits per heavy atom. The smallest absolute Gasteiger partial charge is 0.230 e. The number of unbranched alkanes of at least 4 members (excludes halogenated alkanes) is 8. The first-order valence-corrected chi connectivity index (χ1v) is 34.3. The molecule has 5 aliphatic rings. The van der Waals surface area contributed by atoms with Crippen molar-refractivity contribution in [2.24, 2.45) is 20.6 Å². The van der Waals surface area contributed by atoms with Gasteiger partial charge in [-0.25, -0.2) is 0 Å². The molecule has 13 rings (SSSR count). The van der Waals surface area contributed by atoms with Crippen LogP contribution in [0.4, 0.5) is 0 Å². The molecule has 0 radical (unpaired) electrons. The number of ether oxygens (including phenoxy) is 8. The van der Waals surface area contributed by atoms with E-state index >= 15 is 0 Å². The highest BCUT2D eigenvalue weighted by molar-refractivity contribution is 5.93. The molecule has 16 heteroatoms. The lowest BCUT2D eigenvalue weighted by Crippen LogP contribution is -2.24. The second kappa shape index (κ2) is 29.8. The zero-order chi connectivity index (χ0) is 66.1. The molecule has 4 heterocycles. The molecule has 4 aliphatic heterocycles. The van der Waals surface area contributed by atoms with E-state index in [-0.39, 0.29) is 50.8 Å². The minimum atomic E-state index is -0.369. The Morgan fingerprint density at radius 3 is 0.667 bits per heavy atom. The summed E-state index contributed by atoms with van der Waals surface area (Å²) in [5.74, 6) is 3.40. The predicted molar refractivity (Wildman–Crippen MR) is 373 cm³/mol. The van der Waals surface area contributed by atoms with Crippen molar-refractivity contribution >= 4 is 24.9 Å². The predicted octanol–water partition coefficient (Wildman–Crippen LogP) is 19.7. The van der Waals surface area contributed by atoms with Gasteiger partial charge in [0.15, 0.2) is 0 Å². The van der Waals surface area contributed by atoms with Crippen molar-refractivity contribution in [2.45, 2.75) is 154 Å². The van der Waals surface area contributed by atoms with Gasteiger partial charge in [-0.3, -0.25) is 0 Å². The van der Waals surface area contributed by atoms with E-state index in [4.69, 9.17) is 37.9 Å². The summed E-state index contributed by atoms with van der Waals surface area (Å²) in [6.45, 7) is 8.09. The van der Waals surface area contributed by atoms with Crippen LogP contribution in [0.25, 0.3) is 44.5 Å². The van der Waals surface area contributed by atoms with E-state index < -0.39 is 0 Å². The molecular formula is C80H84N4O12. The molecule has 0 saturated heterocycles. The van der Waals surface area contributed by atoms with E-state index in [1.165, 1.54) is 24.9 Å². The second-order valence-electron chi connectivity index (χ2n) is 25.7. The van der Waals surface area contributed by atoms with Crippen LogP contribution < -0.4 is 37.9 Å². The van der Waals surface area contributed by atoms with Crippen molar-refractivity contribution in [1.29, 1.82) is 0 Å². The number of hydrogen-bond acceptors (Lipinski definition) is 16. The van der Waals surface area contributed by atoms with Gasteiger partial charge < -0.3 is 58.7 Å². The molecule has 8 aromatic carbocycles. The Labute approximate surface area is 561 Å². The molecule has 4 N–H and O–H groups in total. The van der Waals surface area contributed by atoms with Crippen molar-refractivity contribution in [3.8, 4) is 90.5 Å². The Morgan fingerprint density at radius 2 is 0.490 bits per heavy atom. The van der Waals surface area contributed by atoms with Gasteiger partial charge in [0.2, 0.25) is 27.2 Å². The van der Waals surface area contributed by atoms with Crippen molar-refractivity contribution in [2.75, 3.05) is 27.2 Å². The number of benzene rings is 8. The summed E-state index contributed by atoms with van der Waals surface area (Å²) in [5.41, 5.74) is 16.5. The summed E-state index contributed by atoms with van der Waals surface area (Å²) in [7, 11) is 0. The van der Waals surface area contributed by atoms with E-state index in [1.54, 1.807) is 0 Å². The van der Waals surface area contributed by atoms with Crippen LogP contribution in [0.15, 0.2) is 142 Å². The normalized spacial score (nSPS) is 17.3. The first-order chi connectivity index (χ1) is 47.3. The molecule has 0 aromatic heterocycles. The molecule has 16 nitrogen and oxygen atoms in total. The second-order valence-corrected chi connectivity index (χ2v) is 25.7. The summed E-state index contributed by atoms with van der Waals surface area (Å²) in [6, 6.07) is 41.3. The maximum atomic E-state index is 10.1. The van der Waals surface area contributed by atoms with Gasteiger partial charge in [0.05, 0.1) is 47.1 Å². The maximum Gasteiger partial charge on any atom is 0.230 e. The van der Waals surface area contributed by atoms with Gasteiger partial charge in [0, 0.05) is 68.2 Å². The van der Waals surface area contributed by atoms with Crippen molar-refractivity contribution < 1.29 is 58.7 Å². The largest absolute Gasteiger partial charge is 0.456 e. The van der Waals surface area contributed by atoms with Crippen molar-refractivity contribution in [3.05, 3.63) is 188 Å². The summed E-state index contributed by atoms with van der Waals surface area (Å²) in [4.78, 5) is 0. The minimum absolute atomic E-state index is 0.210. The van der Waals surface area contributed by atoms with Gasteiger partial charge in [-0.15, -0.1) is 0 Å². The molecule has 4 unspecified atom stereocenters. The standard InChI is InChI=1S/C80H84N4O12/c1-5-9-13-29-57-61-37-63-58(30-14-10-6-2)65-39-67-60(32-16-12-8-4)68-40-66-59(31-15-11-7-3)64-38-62(57)74-70(54-26-18-22-50(34-54)42-82-86)76(64)92-47-94-78(66)72(56-28-20-24-52(36-56)44-84-88)80(68)96-48-95-79(67)71(55-27-19-23-51(35-55)43-83-87)77(65)93-46-91-75(63)69(73(61)89-45-90-74)53-25-17-21-49(33-53)41-81-85/h17-28,33-44,57-60,85-88H,5-16,29-32,45-48H2,1-4H3/b81-41-,82-42+,83-43+,84-44+. The number of nitrogens with zero attached hydrogens (tertiary/aromatic N) is 4. The third-order valence-electron chi connectivity index (χ3n) is 19.7. The van der Waals surface area contributed by atoms with E-state index in [0.29, 0.717) is 93.9 Å². The highest BCUT2D eigenvalue weighted by Gasteiger charge is 2.43. The van der Waals surface area contributed by atoms with Crippen LogP contribution in [-0.4, -0.2) is 72.9 Å². The van der Waals surface area contributed by atoms with Crippen LogP contribution in [0.2, 0.25) is 0 Å².